The molecular formula is C20H26N4O4. The van der Waals surface area contributed by atoms with Crippen LogP contribution in [0, 0.1) is 0 Å². The lowest BCUT2D eigenvalue weighted by Gasteiger charge is -2.30. The minimum Gasteiger partial charge on any atom is -0.497 e. The van der Waals surface area contributed by atoms with E-state index in [9.17, 15) is 9.59 Å². The molecule has 1 saturated heterocycles. The molecule has 1 aliphatic rings. The highest BCUT2D eigenvalue weighted by molar-refractivity contribution is 5.95. The fourth-order valence-electron chi connectivity index (χ4n) is 3.17. The molecule has 0 unspecified atom stereocenters. The van der Waals surface area contributed by atoms with E-state index in [2.05, 4.69) is 10.4 Å². The van der Waals surface area contributed by atoms with Gasteiger partial charge in [0.25, 0.3) is 5.56 Å². The molecule has 1 amide bonds. The molecule has 1 aromatic heterocycles. The van der Waals surface area contributed by atoms with Crippen LogP contribution in [0.1, 0.15) is 25.5 Å². The van der Waals surface area contributed by atoms with Crippen LogP contribution < -0.4 is 20.5 Å². The molecule has 1 fully saturated rings. The van der Waals surface area contributed by atoms with E-state index in [0.717, 1.165) is 5.56 Å². The zero-order valence-electron chi connectivity index (χ0n) is 16.5. The maximum atomic E-state index is 13.0. The maximum absolute atomic E-state index is 13.0. The minimum absolute atomic E-state index is 0.0752. The number of aromatic nitrogens is 2. The van der Waals surface area contributed by atoms with Gasteiger partial charge in [0, 0.05) is 13.1 Å². The third-order valence-electron chi connectivity index (χ3n) is 4.57. The minimum atomic E-state index is -0.216. The Morgan fingerprint density at radius 2 is 2.07 bits per heavy atom. The van der Waals surface area contributed by atoms with Crippen molar-refractivity contribution < 1.29 is 14.3 Å². The van der Waals surface area contributed by atoms with E-state index in [0.29, 0.717) is 43.4 Å². The maximum Gasteiger partial charge on any atom is 0.292 e. The fourth-order valence-corrected chi connectivity index (χ4v) is 3.17. The van der Waals surface area contributed by atoms with Crippen LogP contribution in [-0.2, 0) is 16.0 Å². The van der Waals surface area contributed by atoms with Gasteiger partial charge >= 0.3 is 0 Å². The van der Waals surface area contributed by atoms with Crippen LogP contribution >= 0.6 is 0 Å². The zero-order valence-corrected chi connectivity index (χ0v) is 16.5. The van der Waals surface area contributed by atoms with Gasteiger partial charge in [-0.2, -0.15) is 5.10 Å². The highest BCUT2D eigenvalue weighted by Gasteiger charge is 2.22. The molecule has 1 aromatic carbocycles. The number of morpholine rings is 1. The number of ether oxygens (including phenoxy) is 2. The number of nitrogens with zero attached hydrogens (tertiary/aromatic N) is 3. The third kappa shape index (κ3) is 4.51. The number of carbonyl (C=O) groups excluding carboxylic acids is 1. The second-order valence-corrected chi connectivity index (χ2v) is 6.93. The molecule has 3 rings (SSSR count). The molecule has 0 aliphatic carbocycles. The molecule has 0 bridgehead atoms. The average Bonchev–Trinajstić information content (AvgIpc) is 2.68. The van der Waals surface area contributed by atoms with Crippen molar-refractivity contribution >= 4 is 17.3 Å². The van der Waals surface area contributed by atoms with Crippen LogP contribution in [0.15, 0.2) is 35.3 Å². The van der Waals surface area contributed by atoms with E-state index in [1.807, 2.05) is 43.0 Å². The van der Waals surface area contributed by atoms with Gasteiger partial charge < -0.3 is 19.7 Å². The summed E-state index contributed by atoms with van der Waals surface area (Å²) in [5.41, 5.74) is 1.51. The van der Waals surface area contributed by atoms with Gasteiger partial charge in [-0.3, -0.25) is 9.59 Å². The summed E-state index contributed by atoms with van der Waals surface area (Å²) < 4.78 is 12.0. The monoisotopic (exact) mass is 386 g/mol. The number of amides is 1. The van der Waals surface area contributed by atoms with Gasteiger partial charge in [0.1, 0.15) is 11.4 Å². The lowest BCUT2D eigenvalue weighted by Crippen LogP contribution is -2.42. The Morgan fingerprint density at radius 1 is 1.32 bits per heavy atom. The summed E-state index contributed by atoms with van der Waals surface area (Å²) in [4.78, 5) is 27.6. The van der Waals surface area contributed by atoms with Crippen LogP contribution in [0.5, 0.6) is 5.75 Å². The Labute approximate surface area is 164 Å². The van der Waals surface area contributed by atoms with Crippen molar-refractivity contribution in [2.24, 2.45) is 0 Å². The highest BCUT2D eigenvalue weighted by atomic mass is 16.5. The molecule has 2 aromatic rings. The van der Waals surface area contributed by atoms with Crippen molar-refractivity contribution in [2.45, 2.75) is 26.3 Å². The molecule has 1 aliphatic heterocycles. The van der Waals surface area contributed by atoms with Crippen molar-refractivity contribution in [1.29, 1.82) is 0 Å². The number of carbonyl (C=O) groups is 1. The Kier molecular flexibility index (Phi) is 6.30. The van der Waals surface area contributed by atoms with E-state index in [-0.39, 0.29) is 23.9 Å². The van der Waals surface area contributed by atoms with E-state index in [4.69, 9.17) is 9.47 Å². The number of methoxy groups -OCH3 is 1. The van der Waals surface area contributed by atoms with Crippen molar-refractivity contribution in [2.75, 3.05) is 43.6 Å². The first-order valence-corrected chi connectivity index (χ1v) is 9.37. The molecule has 0 saturated carbocycles. The van der Waals surface area contributed by atoms with E-state index >= 15 is 0 Å². The second-order valence-electron chi connectivity index (χ2n) is 6.93. The van der Waals surface area contributed by atoms with Crippen molar-refractivity contribution in [3.63, 3.8) is 0 Å². The predicted octanol–water partition coefficient (Wildman–Crippen LogP) is 1.85. The summed E-state index contributed by atoms with van der Waals surface area (Å²) in [6, 6.07) is 7.27. The summed E-state index contributed by atoms with van der Waals surface area (Å²) in [6.07, 6.45) is 1.72. The van der Waals surface area contributed by atoms with Crippen LogP contribution in [0.4, 0.5) is 11.4 Å². The first-order valence-electron chi connectivity index (χ1n) is 9.37. The SMILES string of the molecule is COc1cccc(CC(=O)Nc2cnn(C(C)C)c(=O)c2N2CCOCC2)c1. The molecular weight excluding hydrogens is 360 g/mol. The first kappa shape index (κ1) is 19.9. The molecule has 8 nitrogen and oxygen atoms in total. The van der Waals surface area contributed by atoms with Gasteiger partial charge in [-0.25, -0.2) is 4.68 Å². The molecule has 28 heavy (non-hydrogen) atoms. The van der Waals surface area contributed by atoms with E-state index in [1.165, 1.54) is 4.68 Å². The third-order valence-corrected chi connectivity index (χ3v) is 4.57. The van der Waals surface area contributed by atoms with Gasteiger partial charge in [0.2, 0.25) is 5.91 Å². The number of hydrogen-bond acceptors (Lipinski definition) is 6. The molecule has 8 heteroatoms. The normalized spacial score (nSPS) is 14.2. The predicted molar refractivity (Wildman–Crippen MR) is 107 cm³/mol. The summed E-state index contributed by atoms with van der Waals surface area (Å²) in [7, 11) is 1.59. The smallest absolute Gasteiger partial charge is 0.292 e. The van der Waals surface area contributed by atoms with Crippen molar-refractivity contribution in [3.8, 4) is 5.75 Å². The van der Waals surface area contributed by atoms with Crippen LogP contribution in [0.3, 0.4) is 0 Å². The van der Waals surface area contributed by atoms with Crippen LogP contribution in [0.25, 0.3) is 0 Å². The first-order chi connectivity index (χ1) is 13.5. The summed E-state index contributed by atoms with van der Waals surface area (Å²) in [5.74, 6) is 0.478. The van der Waals surface area contributed by atoms with E-state index in [1.54, 1.807) is 13.3 Å². The highest BCUT2D eigenvalue weighted by Crippen LogP contribution is 2.23. The summed E-state index contributed by atoms with van der Waals surface area (Å²) in [6.45, 7) is 6.07. The van der Waals surface area contributed by atoms with Gasteiger partial charge in [0.05, 0.1) is 44.7 Å². The summed E-state index contributed by atoms with van der Waals surface area (Å²) >= 11 is 0. The molecule has 0 spiro atoms. The Morgan fingerprint density at radius 3 is 2.75 bits per heavy atom. The lowest BCUT2D eigenvalue weighted by molar-refractivity contribution is -0.115. The molecule has 0 atom stereocenters. The van der Waals surface area contributed by atoms with E-state index < -0.39 is 0 Å². The molecule has 0 radical (unpaired) electrons. The quantitative estimate of drug-likeness (QED) is 0.816. The summed E-state index contributed by atoms with van der Waals surface area (Å²) in [5, 5.41) is 7.09. The number of nitrogens with one attached hydrogen (secondary N) is 1. The Hall–Kier alpha value is -2.87. The number of benzene rings is 1. The van der Waals surface area contributed by atoms with Crippen LogP contribution in [-0.4, -0.2) is 49.1 Å². The van der Waals surface area contributed by atoms with Gasteiger partial charge in [-0.15, -0.1) is 0 Å². The average molecular weight is 386 g/mol. The zero-order chi connectivity index (χ0) is 20.1. The Bertz CT molecular complexity index is 888. The molecule has 2 heterocycles. The topological polar surface area (TPSA) is 85.7 Å². The number of hydrogen-bond donors (Lipinski definition) is 1. The Balaban J connectivity index is 1.86. The van der Waals surface area contributed by atoms with Gasteiger partial charge in [0.15, 0.2) is 0 Å². The molecule has 150 valence electrons. The van der Waals surface area contributed by atoms with Crippen LogP contribution in [0.2, 0.25) is 0 Å². The fraction of sp³-hybridized carbons (Fsp3) is 0.450. The van der Waals surface area contributed by atoms with Crippen molar-refractivity contribution in [1.82, 2.24) is 9.78 Å². The standard InChI is InChI=1S/C20H26N4O4/c1-14(2)24-20(26)19(23-7-9-28-10-8-23)17(13-21-24)22-18(25)12-15-5-4-6-16(11-15)27-3/h4-6,11,13-14H,7-10,12H2,1-3H3,(H,22,25). The number of anilines is 2. The van der Waals surface area contributed by atoms with Gasteiger partial charge in [-0.1, -0.05) is 12.1 Å². The van der Waals surface area contributed by atoms with Gasteiger partial charge in [-0.05, 0) is 31.5 Å². The van der Waals surface area contributed by atoms with Crippen molar-refractivity contribution in [3.05, 3.63) is 46.4 Å². The molecule has 1 N–H and O–H groups in total. The number of rotatable bonds is 6. The lowest BCUT2D eigenvalue weighted by atomic mass is 10.1. The second kappa shape index (κ2) is 8.88. The largest absolute Gasteiger partial charge is 0.497 e.